The third kappa shape index (κ3) is 2.94. The Balaban J connectivity index is 3.03. The van der Waals surface area contributed by atoms with Gasteiger partial charge in [0, 0.05) is 0 Å². The van der Waals surface area contributed by atoms with Crippen LogP contribution in [0.15, 0.2) is 24.2 Å². The predicted octanol–water partition coefficient (Wildman–Crippen LogP) is 3.70. The van der Waals surface area contributed by atoms with Crippen LogP contribution < -0.4 is 0 Å². The van der Waals surface area contributed by atoms with Crippen molar-refractivity contribution in [2.24, 2.45) is 0 Å². The van der Waals surface area contributed by atoms with Crippen molar-refractivity contribution in [2.75, 3.05) is 0 Å². The standard InChI is InChI=1S/C10H11BF3/c1-8-4-3-5-9(2)10(8)6-7-11(12,13)14/h3-7H,1-2H3/q-1/b7-6+. The zero-order valence-corrected chi connectivity index (χ0v) is 8.10. The second-order valence-electron chi connectivity index (χ2n) is 3.29. The summed E-state index contributed by atoms with van der Waals surface area (Å²) in [6.45, 7) is -1.23. The molecule has 0 aromatic heterocycles. The van der Waals surface area contributed by atoms with E-state index in [0.717, 1.165) is 17.2 Å². The van der Waals surface area contributed by atoms with Crippen LogP contribution in [0, 0.1) is 13.8 Å². The largest absolute Gasteiger partial charge is 0.502 e. The van der Waals surface area contributed by atoms with Crippen LogP contribution in [0.25, 0.3) is 6.08 Å². The fourth-order valence-electron chi connectivity index (χ4n) is 1.30. The molecule has 0 spiro atoms. The summed E-state index contributed by atoms with van der Waals surface area (Å²) in [6.07, 6.45) is 1.14. The van der Waals surface area contributed by atoms with Gasteiger partial charge in [-0.2, -0.15) is 0 Å². The summed E-state index contributed by atoms with van der Waals surface area (Å²) in [5.41, 5.74) is 2.38. The van der Waals surface area contributed by atoms with Gasteiger partial charge in [-0.3, -0.25) is 0 Å². The molecule has 0 radical (unpaired) electrons. The van der Waals surface area contributed by atoms with Crippen LogP contribution in [-0.4, -0.2) is 6.98 Å². The van der Waals surface area contributed by atoms with Gasteiger partial charge in [0.25, 0.3) is 0 Å². The van der Waals surface area contributed by atoms with Crippen molar-refractivity contribution in [1.29, 1.82) is 0 Å². The maximum Gasteiger partial charge on any atom is 0.502 e. The summed E-state index contributed by atoms with van der Waals surface area (Å²) in [7, 11) is 0. The van der Waals surface area contributed by atoms with E-state index < -0.39 is 6.98 Å². The molecule has 0 saturated heterocycles. The molecule has 4 heteroatoms. The highest BCUT2D eigenvalue weighted by molar-refractivity contribution is 6.64. The summed E-state index contributed by atoms with van der Waals surface area (Å²) in [6, 6.07) is 5.44. The average molecular weight is 199 g/mol. The Hall–Kier alpha value is -1.19. The molecular weight excluding hydrogens is 188 g/mol. The Morgan fingerprint density at radius 2 is 1.57 bits per heavy atom. The zero-order valence-electron chi connectivity index (χ0n) is 8.10. The first-order valence-electron chi connectivity index (χ1n) is 4.35. The summed E-state index contributed by atoms with van der Waals surface area (Å²) < 4.78 is 35.9. The van der Waals surface area contributed by atoms with E-state index in [9.17, 15) is 12.9 Å². The van der Waals surface area contributed by atoms with Gasteiger partial charge in [-0.15, -0.1) is 5.98 Å². The smallest absolute Gasteiger partial charge is 0.445 e. The van der Waals surface area contributed by atoms with Gasteiger partial charge in [0.2, 0.25) is 0 Å². The van der Waals surface area contributed by atoms with Gasteiger partial charge in [0.15, 0.2) is 0 Å². The number of hydrogen-bond acceptors (Lipinski definition) is 0. The van der Waals surface area contributed by atoms with Gasteiger partial charge in [-0.25, -0.2) is 0 Å². The quantitative estimate of drug-likeness (QED) is 0.637. The molecule has 0 amide bonds. The van der Waals surface area contributed by atoms with E-state index in [1.165, 1.54) is 0 Å². The van der Waals surface area contributed by atoms with Crippen molar-refractivity contribution < 1.29 is 12.9 Å². The minimum atomic E-state index is -4.84. The molecule has 0 N–H and O–H groups in total. The van der Waals surface area contributed by atoms with Gasteiger partial charge in [-0.05, 0) is 30.5 Å². The maximum atomic E-state index is 12.0. The number of benzene rings is 1. The lowest BCUT2D eigenvalue weighted by Crippen LogP contribution is -2.09. The number of rotatable bonds is 2. The number of hydrogen-bond donors (Lipinski definition) is 0. The minimum absolute atomic E-state index is 0.329. The zero-order chi connectivity index (χ0) is 10.8. The normalized spacial score (nSPS) is 12.4. The Kier molecular flexibility index (Phi) is 3.04. The molecule has 0 unspecified atom stereocenters. The van der Waals surface area contributed by atoms with Crippen molar-refractivity contribution in [3.8, 4) is 0 Å². The summed E-state index contributed by atoms with van der Waals surface area (Å²) in [5, 5.41) is 0. The Morgan fingerprint density at radius 3 is 2.00 bits per heavy atom. The van der Waals surface area contributed by atoms with Crippen LogP contribution in [0.1, 0.15) is 16.7 Å². The molecule has 1 aromatic carbocycles. The van der Waals surface area contributed by atoms with E-state index in [1.807, 2.05) is 6.07 Å². The molecule has 76 valence electrons. The van der Waals surface area contributed by atoms with Crippen molar-refractivity contribution in [3.05, 3.63) is 40.9 Å². The van der Waals surface area contributed by atoms with E-state index in [-0.39, 0.29) is 0 Å². The molecule has 0 heterocycles. The molecule has 0 fully saturated rings. The highest BCUT2D eigenvalue weighted by atomic mass is 19.4. The minimum Gasteiger partial charge on any atom is -0.445 e. The van der Waals surface area contributed by atoms with Crippen molar-refractivity contribution in [2.45, 2.75) is 13.8 Å². The lowest BCUT2D eigenvalue weighted by atomic mass is 9.89. The van der Waals surface area contributed by atoms with Gasteiger partial charge < -0.3 is 12.9 Å². The molecule has 0 bridgehead atoms. The summed E-state index contributed by atoms with van der Waals surface area (Å²) in [5.74, 6) is 0.329. The lowest BCUT2D eigenvalue weighted by molar-refractivity contribution is 0.499. The van der Waals surface area contributed by atoms with Crippen LogP contribution >= 0.6 is 0 Å². The number of halogens is 3. The molecule has 1 aromatic rings. The maximum absolute atomic E-state index is 12.0. The molecule has 14 heavy (non-hydrogen) atoms. The third-order valence-electron chi connectivity index (χ3n) is 2.02. The molecule has 1 rings (SSSR count). The second-order valence-corrected chi connectivity index (χ2v) is 3.29. The molecule has 0 aliphatic heterocycles. The first-order chi connectivity index (χ1) is 6.40. The van der Waals surface area contributed by atoms with E-state index >= 15 is 0 Å². The second kappa shape index (κ2) is 3.90. The van der Waals surface area contributed by atoms with Crippen LogP contribution in [-0.2, 0) is 0 Å². The first kappa shape index (κ1) is 10.9. The van der Waals surface area contributed by atoms with Crippen LogP contribution in [0.2, 0.25) is 0 Å². The first-order valence-corrected chi connectivity index (χ1v) is 4.35. The fourth-order valence-corrected chi connectivity index (χ4v) is 1.30. The van der Waals surface area contributed by atoms with Crippen LogP contribution in [0.3, 0.4) is 0 Å². The Labute approximate surface area is 81.5 Å². The molecule has 0 aliphatic rings. The Morgan fingerprint density at radius 1 is 1.07 bits per heavy atom. The highest BCUT2D eigenvalue weighted by Gasteiger charge is 2.17. The van der Waals surface area contributed by atoms with Crippen molar-refractivity contribution >= 4 is 13.1 Å². The highest BCUT2D eigenvalue weighted by Crippen LogP contribution is 2.18. The van der Waals surface area contributed by atoms with Crippen LogP contribution in [0.5, 0.6) is 0 Å². The summed E-state index contributed by atoms with van der Waals surface area (Å²) >= 11 is 0. The SMILES string of the molecule is Cc1cccc(C)c1/C=C/[B-](F)(F)F. The molecule has 0 nitrogen and oxygen atoms in total. The van der Waals surface area contributed by atoms with Gasteiger partial charge >= 0.3 is 6.98 Å². The predicted molar refractivity (Wildman–Crippen MR) is 54.0 cm³/mol. The van der Waals surface area contributed by atoms with Gasteiger partial charge in [0.05, 0.1) is 0 Å². The molecular formula is C10H11BF3-. The van der Waals surface area contributed by atoms with E-state index in [1.54, 1.807) is 26.0 Å². The Bertz CT molecular complexity index is 333. The third-order valence-corrected chi connectivity index (χ3v) is 2.02. The van der Waals surface area contributed by atoms with E-state index in [4.69, 9.17) is 0 Å². The number of aryl methyl sites for hydroxylation is 2. The fraction of sp³-hybridized carbons (Fsp3) is 0.200. The van der Waals surface area contributed by atoms with Crippen molar-refractivity contribution in [1.82, 2.24) is 0 Å². The van der Waals surface area contributed by atoms with Gasteiger partial charge in [0.1, 0.15) is 0 Å². The van der Waals surface area contributed by atoms with E-state index in [2.05, 4.69) is 0 Å². The van der Waals surface area contributed by atoms with Crippen molar-refractivity contribution in [3.63, 3.8) is 0 Å². The van der Waals surface area contributed by atoms with Gasteiger partial charge in [-0.1, -0.05) is 24.3 Å². The van der Waals surface area contributed by atoms with E-state index in [0.29, 0.717) is 11.5 Å². The lowest BCUT2D eigenvalue weighted by Gasteiger charge is -2.09. The van der Waals surface area contributed by atoms with Crippen LogP contribution in [0.4, 0.5) is 12.9 Å². The topological polar surface area (TPSA) is 0 Å². The average Bonchev–Trinajstić information content (AvgIpc) is 2.01. The molecule has 0 aliphatic carbocycles. The monoisotopic (exact) mass is 199 g/mol. The summed E-state index contributed by atoms with van der Waals surface area (Å²) in [4.78, 5) is 0. The molecule has 0 atom stereocenters. The molecule has 0 saturated carbocycles.